The summed E-state index contributed by atoms with van der Waals surface area (Å²) < 4.78 is 6.94. The van der Waals surface area contributed by atoms with Crippen LogP contribution in [-0.4, -0.2) is 18.5 Å². The highest BCUT2D eigenvalue weighted by atomic mass is 79.9. The first-order valence-corrected chi connectivity index (χ1v) is 8.84. The van der Waals surface area contributed by atoms with Gasteiger partial charge in [0, 0.05) is 34.9 Å². The van der Waals surface area contributed by atoms with Gasteiger partial charge in [0.15, 0.2) is 0 Å². The van der Waals surface area contributed by atoms with Gasteiger partial charge in [-0.15, -0.1) is 11.6 Å². The molecular weight excluding hydrogens is 338 g/mol. The van der Waals surface area contributed by atoms with Crippen LogP contribution in [0.25, 0.3) is 0 Å². The molecule has 20 heavy (non-hydrogen) atoms. The number of rotatable bonds is 4. The van der Waals surface area contributed by atoms with Crippen molar-refractivity contribution < 1.29 is 4.74 Å². The first kappa shape index (κ1) is 14.7. The van der Waals surface area contributed by atoms with E-state index in [9.17, 15) is 0 Å². The van der Waals surface area contributed by atoms with Gasteiger partial charge < -0.3 is 10.1 Å². The molecule has 2 nitrogen and oxygen atoms in total. The summed E-state index contributed by atoms with van der Waals surface area (Å²) in [6.07, 6.45) is 6.17. The van der Waals surface area contributed by atoms with Gasteiger partial charge in [0.25, 0.3) is 0 Å². The van der Waals surface area contributed by atoms with Crippen LogP contribution < -0.4 is 10.1 Å². The van der Waals surface area contributed by atoms with E-state index in [1.807, 2.05) is 0 Å². The number of hydrogen-bond acceptors (Lipinski definition) is 2. The lowest BCUT2D eigenvalue weighted by molar-refractivity contribution is 0.280. The Hall–Kier alpha value is -0.250. The van der Waals surface area contributed by atoms with Crippen LogP contribution >= 0.6 is 27.5 Å². The molecule has 2 aliphatic rings. The Morgan fingerprint density at radius 2 is 2.15 bits per heavy atom. The van der Waals surface area contributed by atoms with Gasteiger partial charge in [-0.1, -0.05) is 28.8 Å². The Bertz CT molecular complexity index is 480. The molecule has 3 rings (SSSR count). The summed E-state index contributed by atoms with van der Waals surface area (Å²) in [6, 6.07) is 4.90. The minimum atomic E-state index is 0.553. The van der Waals surface area contributed by atoms with Crippen molar-refractivity contribution in [3.8, 4) is 5.75 Å². The molecular formula is C16H21BrClNO. The lowest BCUT2D eigenvalue weighted by atomic mass is 9.85. The average molecular weight is 359 g/mol. The molecule has 0 radical (unpaired) electrons. The molecule has 0 bridgehead atoms. The van der Waals surface area contributed by atoms with Crippen LogP contribution in [0.3, 0.4) is 0 Å². The molecule has 1 heterocycles. The van der Waals surface area contributed by atoms with Crippen LogP contribution in [0, 0.1) is 5.92 Å². The summed E-state index contributed by atoms with van der Waals surface area (Å²) >= 11 is 9.71. The maximum Gasteiger partial charge on any atom is 0.127 e. The van der Waals surface area contributed by atoms with E-state index in [1.165, 1.54) is 36.8 Å². The fraction of sp³-hybridized carbons (Fsp3) is 0.625. The van der Waals surface area contributed by atoms with Crippen molar-refractivity contribution >= 4 is 27.5 Å². The second kappa shape index (κ2) is 6.67. The highest BCUT2D eigenvalue weighted by Gasteiger charge is 2.25. The molecule has 1 aromatic rings. The molecule has 2 unspecified atom stereocenters. The summed E-state index contributed by atoms with van der Waals surface area (Å²) in [7, 11) is 0. The van der Waals surface area contributed by atoms with Gasteiger partial charge in [-0.05, 0) is 36.5 Å². The van der Waals surface area contributed by atoms with E-state index in [4.69, 9.17) is 16.3 Å². The van der Waals surface area contributed by atoms with Crippen LogP contribution in [0.2, 0.25) is 0 Å². The molecule has 1 aliphatic heterocycles. The molecule has 1 aromatic carbocycles. The zero-order chi connectivity index (χ0) is 13.9. The third-order valence-corrected chi connectivity index (χ3v) is 5.34. The van der Waals surface area contributed by atoms with Gasteiger partial charge in [-0.3, -0.25) is 0 Å². The van der Waals surface area contributed by atoms with Crippen LogP contribution in [0.4, 0.5) is 0 Å². The fourth-order valence-electron chi connectivity index (χ4n) is 3.38. The van der Waals surface area contributed by atoms with Crippen molar-refractivity contribution in [2.45, 2.75) is 44.7 Å². The quantitative estimate of drug-likeness (QED) is 0.812. The van der Waals surface area contributed by atoms with Crippen LogP contribution in [0.5, 0.6) is 5.75 Å². The van der Waals surface area contributed by atoms with E-state index < -0.39 is 0 Å². The zero-order valence-electron chi connectivity index (χ0n) is 11.6. The molecule has 0 saturated heterocycles. The van der Waals surface area contributed by atoms with Crippen LogP contribution in [0.1, 0.15) is 36.8 Å². The molecule has 110 valence electrons. The number of benzene rings is 1. The Balaban J connectivity index is 1.69. The second-order valence-electron chi connectivity index (χ2n) is 5.84. The topological polar surface area (TPSA) is 21.3 Å². The predicted octanol–water partition coefficient (Wildman–Crippen LogP) is 4.27. The minimum Gasteiger partial charge on any atom is -0.493 e. The molecule has 0 spiro atoms. The fourth-order valence-corrected chi connectivity index (χ4v) is 4.30. The summed E-state index contributed by atoms with van der Waals surface area (Å²) in [5.74, 6) is 2.48. The summed E-state index contributed by atoms with van der Waals surface area (Å²) in [4.78, 5) is 0. The number of fused-ring (bicyclic) bond motifs is 1. The van der Waals surface area contributed by atoms with Crippen molar-refractivity contribution in [1.29, 1.82) is 0 Å². The number of nitrogens with one attached hydrogen (secondary N) is 1. The SMILES string of the molecule is ClCC1CCCCC1NCc1cc(Br)cc2c1OCC2. The summed E-state index contributed by atoms with van der Waals surface area (Å²) in [5, 5.41) is 3.71. The maximum absolute atomic E-state index is 6.10. The largest absolute Gasteiger partial charge is 0.493 e. The second-order valence-corrected chi connectivity index (χ2v) is 7.06. The monoisotopic (exact) mass is 357 g/mol. The van der Waals surface area contributed by atoms with Gasteiger partial charge in [0.1, 0.15) is 5.75 Å². The molecule has 1 aliphatic carbocycles. The third kappa shape index (κ3) is 3.15. The van der Waals surface area contributed by atoms with Crippen LogP contribution in [-0.2, 0) is 13.0 Å². The number of ether oxygens (including phenoxy) is 1. The van der Waals surface area contributed by atoms with E-state index in [1.54, 1.807) is 0 Å². The first-order valence-electron chi connectivity index (χ1n) is 7.51. The molecule has 0 aromatic heterocycles. The van der Waals surface area contributed by atoms with Gasteiger partial charge >= 0.3 is 0 Å². The molecule has 0 amide bonds. The normalized spacial score (nSPS) is 25.3. The maximum atomic E-state index is 6.10. The van der Waals surface area contributed by atoms with Crippen molar-refractivity contribution in [1.82, 2.24) is 5.32 Å². The van der Waals surface area contributed by atoms with E-state index in [2.05, 4.69) is 33.4 Å². The van der Waals surface area contributed by atoms with Crippen LogP contribution in [0.15, 0.2) is 16.6 Å². The third-order valence-electron chi connectivity index (χ3n) is 4.49. The molecule has 1 N–H and O–H groups in total. The Morgan fingerprint density at radius 1 is 1.30 bits per heavy atom. The van der Waals surface area contributed by atoms with Gasteiger partial charge in [-0.25, -0.2) is 0 Å². The van der Waals surface area contributed by atoms with E-state index in [-0.39, 0.29) is 0 Å². The molecule has 2 atom stereocenters. The minimum absolute atomic E-state index is 0.553. The average Bonchev–Trinajstić information content (AvgIpc) is 2.93. The van der Waals surface area contributed by atoms with Gasteiger partial charge in [0.2, 0.25) is 0 Å². The molecule has 1 saturated carbocycles. The highest BCUT2D eigenvalue weighted by molar-refractivity contribution is 9.10. The Morgan fingerprint density at radius 3 is 3.00 bits per heavy atom. The number of hydrogen-bond donors (Lipinski definition) is 1. The lowest BCUT2D eigenvalue weighted by Crippen LogP contribution is -2.39. The van der Waals surface area contributed by atoms with E-state index >= 15 is 0 Å². The first-order chi connectivity index (χ1) is 9.78. The van der Waals surface area contributed by atoms with Crippen molar-refractivity contribution in [2.24, 2.45) is 5.92 Å². The van der Waals surface area contributed by atoms with E-state index in [0.29, 0.717) is 12.0 Å². The Labute approximate surface area is 134 Å². The Kier molecular flexibility index (Phi) is 4.90. The molecule has 1 fully saturated rings. The van der Waals surface area contributed by atoms with Gasteiger partial charge in [-0.2, -0.15) is 0 Å². The van der Waals surface area contributed by atoms with Crippen molar-refractivity contribution in [2.75, 3.05) is 12.5 Å². The predicted molar refractivity (Wildman–Crippen MR) is 86.6 cm³/mol. The van der Waals surface area contributed by atoms with Gasteiger partial charge in [0.05, 0.1) is 6.61 Å². The standard InChI is InChI=1S/C16H21BrClNO/c17-14-7-11-5-6-20-16(11)13(8-14)10-19-15-4-2-1-3-12(15)9-18/h7-8,12,15,19H,1-6,9-10H2. The highest BCUT2D eigenvalue weighted by Crippen LogP contribution is 2.33. The lowest BCUT2D eigenvalue weighted by Gasteiger charge is -2.31. The summed E-state index contributed by atoms with van der Waals surface area (Å²) in [6.45, 7) is 1.69. The molecule has 4 heteroatoms. The summed E-state index contributed by atoms with van der Waals surface area (Å²) in [5.41, 5.74) is 2.60. The van der Waals surface area contributed by atoms with Crippen molar-refractivity contribution in [3.63, 3.8) is 0 Å². The smallest absolute Gasteiger partial charge is 0.127 e. The van der Waals surface area contributed by atoms with E-state index in [0.717, 1.165) is 35.7 Å². The number of halogens is 2. The van der Waals surface area contributed by atoms with Crippen molar-refractivity contribution in [3.05, 3.63) is 27.7 Å². The zero-order valence-corrected chi connectivity index (χ0v) is 14.0. The number of alkyl halides is 1.